The van der Waals surface area contributed by atoms with E-state index in [1.54, 1.807) is 35.2 Å². The van der Waals surface area contributed by atoms with Crippen molar-refractivity contribution in [2.45, 2.75) is 45.3 Å². The minimum Gasteiger partial charge on any atom is -0.484 e. The summed E-state index contributed by atoms with van der Waals surface area (Å²) in [5, 5.41) is 4.06. The Labute approximate surface area is 217 Å². The van der Waals surface area contributed by atoms with Crippen LogP contribution in [0.3, 0.4) is 0 Å². The minimum atomic E-state index is -0.775. The Bertz CT molecular complexity index is 1150. The van der Waals surface area contributed by atoms with Crippen LogP contribution in [-0.2, 0) is 22.6 Å². The highest BCUT2D eigenvalue weighted by molar-refractivity contribution is 6.31. The summed E-state index contributed by atoms with van der Waals surface area (Å²) in [5.74, 6) is -0.110. The molecular weight excluding hydrogens is 483 g/mol. The monoisotopic (exact) mass is 512 g/mol. The highest BCUT2D eigenvalue weighted by Crippen LogP contribution is 2.22. The van der Waals surface area contributed by atoms with Gasteiger partial charge in [-0.05, 0) is 56.2 Å². The zero-order valence-corrected chi connectivity index (χ0v) is 21.6. The number of nitrogens with zero attached hydrogens (tertiary/aromatic N) is 1. The number of carbonyl (C=O) groups excluding carboxylic acids is 2. The molecule has 0 aromatic heterocycles. The molecule has 3 aromatic carbocycles. The molecule has 7 heteroatoms. The lowest BCUT2D eigenvalue weighted by atomic mass is 10.0. The molecule has 0 spiro atoms. The van der Waals surface area contributed by atoms with Crippen LogP contribution in [0.25, 0.3) is 0 Å². The van der Waals surface area contributed by atoms with Gasteiger partial charge in [0.2, 0.25) is 5.91 Å². The largest absolute Gasteiger partial charge is 0.484 e. The lowest BCUT2D eigenvalue weighted by Gasteiger charge is -2.34. The SMILES string of the molecule is CC(C)(C)NC(=O)[C@H](Cc1ccccc1)N(Cc1ccccc1Cl)C(=O)COc1cccc(Cl)c1. The zero-order chi connectivity index (χ0) is 25.4. The highest BCUT2D eigenvalue weighted by Gasteiger charge is 2.32. The molecule has 5 nitrogen and oxygen atoms in total. The van der Waals surface area contributed by atoms with E-state index in [0.29, 0.717) is 22.2 Å². The van der Waals surface area contributed by atoms with Gasteiger partial charge in [-0.25, -0.2) is 0 Å². The second kappa shape index (κ2) is 12.1. The zero-order valence-electron chi connectivity index (χ0n) is 20.1. The van der Waals surface area contributed by atoms with Crippen LogP contribution in [0.5, 0.6) is 5.75 Å². The Morgan fingerprint density at radius 1 is 0.943 bits per heavy atom. The average Bonchev–Trinajstić information content (AvgIpc) is 2.80. The van der Waals surface area contributed by atoms with Crippen molar-refractivity contribution in [3.63, 3.8) is 0 Å². The first-order chi connectivity index (χ1) is 16.6. The summed E-state index contributed by atoms with van der Waals surface area (Å²) in [4.78, 5) is 28.6. The summed E-state index contributed by atoms with van der Waals surface area (Å²) in [6.45, 7) is 5.64. The average molecular weight is 513 g/mol. The van der Waals surface area contributed by atoms with E-state index < -0.39 is 11.6 Å². The number of hydrogen-bond donors (Lipinski definition) is 1. The molecule has 184 valence electrons. The van der Waals surface area contributed by atoms with E-state index in [1.165, 1.54) is 0 Å². The topological polar surface area (TPSA) is 58.6 Å². The Morgan fingerprint density at radius 2 is 1.63 bits per heavy atom. The van der Waals surface area contributed by atoms with Gasteiger partial charge in [0.25, 0.3) is 5.91 Å². The van der Waals surface area contributed by atoms with Gasteiger partial charge in [0, 0.05) is 28.5 Å². The van der Waals surface area contributed by atoms with Crippen LogP contribution >= 0.6 is 23.2 Å². The molecule has 0 bridgehead atoms. The minimum absolute atomic E-state index is 0.159. The maximum Gasteiger partial charge on any atom is 0.261 e. The van der Waals surface area contributed by atoms with Crippen LogP contribution in [-0.4, -0.2) is 34.9 Å². The number of ether oxygens (including phenoxy) is 1. The number of benzene rings is 3. The fraction of sp³-hybridized carbons (Fsp3) is 0.286. The normalized spacial score (nSPS) is 12.0. The third-order valence-electron chi connectivity index (χ3n) is 5.23. The molecule has 3 rings (SSSR count). The molecule has 0 radical (unpaired) electrons. The molecule has 0 aliphatic rings. The molecule has 0 fully saturated rings. The number of halogens is 2. The predicted molar refractivity (Wildman–Crippen MR) is 141 cm³/mol. The first-order valence-electron chi connectivity index (χ1n) is 11.4. The van der Waals surface area contributed by atoms with Crippen molar-refractivity contribution < 1.29 is 14.3 Å². The number of nitrogens with one attached hydrogen (secondary N) is 1. The number of carbonyl (C=O) groups is 2. The predicted octanol–water partition coefficient (Wildman–Crippen LogP) is 5.93. The smallest absolute Gasteiger partial charge is 0.261 e. The highest BCUT2D eigenvalue weighted by atomic mass is 35.5. The second-order valence-electron chi connectivity index (χ2n) is 9.30. The molecule has 0 unspecified atom stereocenters. The second-order valence-corrected chi connectivity index (χ2v) is 10.1. The third-order valence-corrected chi connectivity index (χ3v) is 5.83. The Morgan fingerprint density at radius 3 is 2.29 bits per heavy atom. The van der Waals surface area contributed by atoms with Crippen LogP contribution in [0.2, 0.25) is 10.0 Å². The van der Waals surface area contributed by atoms with Gasteiger partial charge in [-0.15, -0.1) is 0 Å². The number of amides is 2. The first kappa shape index (κ1) is 26.6. The summed E-state index contributed by atoms with van der Waals surface area (Å²) in [6, 6.07) is 23.0. The van der Waals surface area contributed by atoms with Crippen molar-refractivity contribution >= 4 is 35.0 Å². The van der Waals surface area contributed by atoms with E-state index in [2.05, 4.69) is 5.32 Å². The van der Waals surface area contributed by atoms with E-state index in [9.17, 15) is 9.59 Å². The Kier molecular flexibility index (Phi) is 9.19. The van der Waals surface area contributed by atoms with Gasteiger partial charge in [0.15, 0.2) is 6.61 Å². The van der Waals surface area contributed by atoms with Crippen molar-refractivity contribution in [2.24, 2.45) is 0 Å². The van der Waals surface area contributed by atoms with E-state index in [0.717, 1.165) is 11.1 Å². The fourth-order valence-corrected chi connectivity index (χ4v) is 3.98. The van der Waals surface area contributed by atoms with Gasteiger partial charge in [0.05, 0.1) is 0 Å². The molecule has 0 saturated heterocycles. The lowest BCUT2D eigenvalue weighted by molar-refractivity contribution is -0.143. The van der Waals surface area contributed by atoms with Gasteiger partial charge >= 0.3 is 0 Å². The van der Waals surface area contributed by atoms with Gasteiger partial charge < -0.3 is 15.0 Å². The Balaban J connectivity index is 1.94. The molecular formula is C28H30Cl2N2O3. The molecule has 0 aliphatic heterocycles. The van der Waals surface area contributed by atoms with E-state index in [-0.39, 0.29) is 25.0 Å². The molecule has 0 heterocycles. The molecule has 0 aliphatic carbocycles. The van der Waals surface area contributed by atoms with Crippen LogP contribution in [0.4, 0.5) is 0 Å². The molecule has 3 aromatic rings. The summed E-state index contributed by atoms with van der Waals surface area (Å²) in [5.41, 5.74) is 1.21. The number of hydrogen-bond acceptors (Lipinski definition) is 3. The molecule has 1 N–H and O–H groups in total. The van der Waals surface area contributed by atoms with Gasteiger partial charge in [-0.3, -0.25) is 9.59 Å². The summed E-state index contributed by atoms with van der Waals surface area (Å²) in [7, 11) is 0. The van der Waals surface area contributed by atoms with Gasteiger partial charge in [-0.1, -0.05) is 77.8 Å². The van der Waals surface area contributed by atoms with Gasteiger partial charge in [-0.2, -0.15) is 0 Å². The summed E-state index contributed by atoms with van der Waals surface area (Å²) in [6.07, 6.45) is 0.343. The van der Waals surface area contributed by atoms with Crippen LogP contribution in [0, 0.1) is 0 Å². The fourth-order valence-electron chi connectivity index (χ4n) is 3.60. The summed E-state index contributed by atoms with van der Waals surface area (Å²) < 4.78 is 5.74. The van der Waals surface area contributed by atoms with Crippen LogP contribution < -0.4 is 10.1 Å². The van der Waals surface area contributed by atoms with Crippen LogP contribution in [0.1, 0.15) is 31.9 Å². The molecule has 0 saturated carbocycles. The third kappa shape index (κ3) is 8.30. The summed E-state index contributed by atoms with van der Waals surface area (Å²) >= 11 is 12.5. The van der Waals surface area contributed by atoms with Crippen molar-refractivity contribution in [1.82, 2.24) is 10.2 Å². The molecule has 1 atom stereocenters. The van der Waals surface area contributed by atoms with Crippen molar-refractivity contribution in [3.8, 4) is 5.75 Å². The molecule has 35 heavy (non-hydrogen) atoms. The van der Waals surface area contributed by atoms with Crippen molar-refractivity contribution in [2.75, 3.05) is 6.61 Å². The van der Waals surface area contributed by atoms with Gasteiger partial charge in [0.1, 0.15) is 11.8 Å². The standard InChI is InChI=1S/C28H30Cl2N2O3/c1-28(2,3)31-27(34)25(16-20-10-5-4-6-11-20)32(18-21-12-7-8-15-24(21)30)26(33)19-35-23-14-9-13-22(29)17-23/h4-15,17,25H,16,18-19H2,1-3H3,(H,31,34)/t25-/m0/s1. The quantitative estimate of drug-likeness (QED) is 0.386. The molecule has 2 amide bonds. The Hall–Kier alpha value is -3.02. The maximum absolute atomic E-state index is 13.6. The van der Waals surface area contributed by atoms with Crippen LogP contribution in [0.15, 0.2) is 78.9 Å². The first-order valence-corrected chi connectivity index (χ1v) is 12.1. The van der Waals surface area contributed by atoms with Crippen molar-refractivity contribution in [3.05, 3.63) is 100 Å². The van der Waals surface area contributed by atoms with E-state index in [4.69, 9.17) is 27.9 Å². The van der Waals surface area contributed by atoms with Crippen molar-refractivity contribution in [1.29, 1.82) is 0 Å². The van der Waals surface area contributed by atoms with E-state index >= 15 is 0 Å². The lowest BCUT2D eigenvalue weighted by Crippen LogP contribution is -2.55. The maximum atomic E-state index is 13.6. The number of rotatable bonds is 9. The van der Waals surface area contributed by atoms with E-state index in [1.807, 2.05) is 69.3 Å².